The summed E-state index contributed by atoms with van der Waals surface area (Å²) in [6.07, 6.45) is 8.56. The number of nitrogens with one attached hydrogen (secondary N) is 1. The number of amides is 1. The zero-order valence-corrected chi connectivity index (χ0v) is 13.3. The minimum Gasteiger partial charge on any atom is -0.396 e. The molecule has 5 nitrogen and oxygen atoms in total. The number of rotatable bonds is 4. The summed E-state index contributed by atoms with van der Waals surface area (Å²) >= 11 is 0. The molecule has 0 unspecified atom stereocenters. The summed E-state index contributed by atoms with van der Waals surface area (Å²) in [4.78, 5) is 12.5. The minimum absolute atomic E-state index is 0.0105. The normalized spacial score (nSPS) is 42.8. The Morgan fingerprint density at radius 2 is 2.32 bits per heavy atom. The highest BCUT2D eigenvalue weighted by Crippen LogP contribution is 2.48. The van der Waals surface area contributed by atoms with Crippen molar-refractivity contribution in [1.29, 1.82) is 0 Å². The van der Waals surface area contributed by atoms with Gasteiger partial charge in [-0.05, 0) is 45.4 Å². The molecule has 3 aliphatic rings. The van der Waals surface area contributed by atoms with Crippen molar-refractivity contribution in [3.8, 4) is 0 Å². The van der Waals surface area contributed by atoms with E-state index in [1.165, 1.54) is 0 Å². The summed E-state index contributed by atoms with van der Waals surface area (Å²) in [7, 11) is 0. The average Bonchev–Trinajstić information content (AvgIpc) is 2.60. The van der Waals surface area contributed by atoms with E-state index in [9.17, 15) is 9.90 Å². The Labute approximate surface area is 131 Å². The van der Waals surface area contributed by atoms with Crippen LogP contribution in [-0.4, -0.2) is 46.6 Å². The van der Waals surface area contributed by atoms with Crippen LogP contribution in [-0.2, 0) is 9.53 Å². The Morgan fingerprint density at radius 3 is 2.91 bits per heavy atom. The molecule has 1 amide bonds. The number of carbonyl (C=O) groups excluding carboxylic acids is 1. The van der Waals surface area contributed by atoms with Crippen LogP contribution < -0.4 is 5.32 Å². The van der Waals surface area contributed by atoms with Gasteiger partial charge in [-0.15, -0.1) is 0 Å². The van der Waals surface area contributed by atoms with Crippen LogP contribution in [0.3, 0.4) is 0 Å². The summed E-state index contributed by atoms with van der Waals surface area (Å²) in [5, 5.41) is 23.3. The summed E-state index contributed by atoms with van der Waals surface area (Å²) in [5.74, 6) is -0.173. The van der Waals surface area contributed by atoms with Gasteiger partial charge in [0.2, 0.25) is 5.91 Å². The predicted octanol–water partition coefficient (Wildman–Crippen LogP) is 1.14. The number of ether oxygens (including phenoxy) is 1. The van der Waals surface area contributed by atoms with Crippen molar-refractivity contribution < 1.29 is 19.7 Å². The molecule has 0 spiro atoms. The van der Waals surface area contributed by atoms with Gasteiger partial charge in [0.25, 0.3) is 0 Å². The fraction of sp³-hybridized carbons (Fsp3) is 0.824. The van der Waals surface area contributed by atoms with E-state index in [1.54, 1.807) is 0 Å². The molecule has 1 aliphatic carbocycles. The molecule has 0 bridgehead atoms. The number of allylic oxidation sites excluding steroid dienone is 1. The van der Waals surface area contributed by atoms with Crippen LogP contribution in [0.2, 0.25) is 0 Å². The first kappa shape index (κ1) is 16.0. The number of aliphatic hydroxyl groups excluding tert-OH is 2. The highest BCUT2D eigenvalue weighted by Gasteiger charge is 2.64. The van der Waals surface area contributed by atoms with E-state index in [4.69, 9.17) is 9.84 Å². The predicted molar refractivity (Wildman–Crippen MR) is 82.1 cm³/mol. The van der Waals surface area contributed by atoms with Gasteiger partial charge in [-0.1, -0.05) is 12.2 Å². The van der Waals surface area contributed by atoms with Gasteiger partial charge in [-0.2, -0.15) is 0 Å². The van der Waals surface area contributed by atoms with E-state index in [1.807, 2.05) is 6.92 Å². The second-order valence-electron chi connectivity index (χ2n) is 7.20. The fourth-order valence-corrected chi connectivity index (χ4v) is 4.21. The topological polar surface area (TPSA) is 78.8 Å². The number of aliphatic hydroxyl groups is 2. The van der Waals surface area contributed by atoms with Gasteiger partial charge in [0.15, 0.2) is 0 Å². The van der Waals surface area contributed by atoms with Crippen LogP contribution in [0.5, 0.6) is 0 Å². The van der Waals surface area contributed by atoms with E-state index in [0.717, 1.165) is 25.7 Å². The van der Waals surface area contributed by atoms with Crippen molar-refractivity contribution in [2.75, 3.05) is 13.2 Å². The van der Waals surface area contributed by atoms with Crippen molar-refractivity contribution in [2.45, 2.75) is 62.7 Å². The highest BCUT2D eigenvalue weighted by atomic mass is 16.5. The average molecular weight is 309 g/mol. The molecule has 2 aliphatic heterocycles. The van der Waals surface area contributed by atoms with Gasteiger partial charge in [-0.3, -0.25) is 4.79 Å². The van der Waals surface area contributed by atoms with E-state index < -0.39 is 17.2 Å². The minimum atomic E-state index is -0.694. The van der Waals surface area contributed by atoms with Crippen LogP contribution in [0.4, 0.5) is 0 Å². The van der Waals surface area contributed by atoms with Gasteiger partial charge in [0, 0.05) is 18.4 Å². The lowest BCUT2D eigenvalue weighted by molar-refractivity contribution is -0.258. The Hall–Kier alpha value is -0.910. The van der Waals surface area contributed by atoms with E-state index >= 15 is 0 Å². The van der Waals surface area contributed by atoms with Crippen LogP contribution in [0.25, 0.3) is 0 Å². The molecule has 3 rings (SSSR count). The quantitative estimate of drug-likeness (QED) is 0.681. The first-order valence-corrected chi connectivity index (χ1v) is 8.44. The zero-order chi connectivity index (χ0) is 15.8. The molecule has 0 aromatic rings. The molecule has 2 heterocycles. The molecule has 5 heteroatoms. The molecular weight excluding hydrogens is 282 g/mol. The molecule has 0 saturated carbocycles. The fourth-order valence-electron chi connectivity index (χ4n) is 4.21. The van der Waals surface area contributed by atoms with Gasteiger partial charge in [0.1, 0.15) is 5.54 Å². The first-order valence-electron chi connectivity index (χ1n) is 8.44. The second-order valence-corrected chi connectivity index (χ2v) is 7.20. The third kappa shape index (κ3) is 2.39. The first-order chi connectivity index (χ1) is 10.5. The van der Waals surface area contributed by atoms with Crippen molar-refractivity contribution in [2.24, 2.45) is 11.8 Å². The number of hydrogen-bond donors (Lipinski definition) is 3. The maximum absolute atomic E-state index is 12.5. The Morgan fingerprint density at radius 1 is 1.50 bits per heavy atom. The monoisotopic (exact) mass is 309 g/mol. The molecule has 5 atom stereocenters. The molecule has 124 valence electrons. The van der Waals surface area contributed by atoms with Crippen molar-refractivity contribution in [3.63, 3.8) is 0 Å². The molecule has 22 heavy (non-hydrogen) atoms. The Balaban J connectivity index is 1.84. The van der Waals surface area contributed by atoms with Crippen molar-refractivity contribution in [1.82, 2.24) is 5.32 Å². The van der Waals surface area contributed by atoms with E-state index in [2.05, 4.69) is 17.5 Å². The molecule has 3 N–H and O–H groups in total. The molecular formula is C17H27NO4. The molecule has 2 saturated heterocycles. The highest BCUT2D eigenvalue weighted by molar-refractivity contribution is 5.80. The van der Waals surface area contributed by atoms with Gasteiger partial charge in [0.05, 0.1) is 18.3 Å². The van der Waals surface area contributed by atoms with Crippen LogP contribution in [0.1, 0.15) is 45.4 Å². The number of fused-ring (bicyclic) bond motifs is 1. The van der Waals surface area contributed by atoms with Crippen LogP contribution in [0, 0.1) is 11.8 Å². The lowest BCUT2D eigenvalue weighted by Gasteiger charge is -2.59. The lowest BCUT2D eigenvalue weighted by Crippen LogP contribution is -2.80. The summed E-state index contributed by atoms with van der Waals surface area (Å²) in [6.45, 7) is 2.37. The van der Waals surface area contributed by atoms with Crippen LogP contribution in [0.15, 0.2) is 12.2 Å². The van der Waals surface area contributed by atoms with Gasteiger partial charge < -0.3 is 20.3 Å². The third-order valence-electron chi connectivity index (χ3n) is 5.93. The van der Waals surface area contributed by atoms with E-state index in [-0.39, 0.29) is 24.3 Å². The lowest BCUT2D eigenvalue weighted by atomic mass is 9.66. The SMILES string of the molecule is C[C@]12CC[C@@H](CCO)C(=O)N[C@@]1([C@@H](O)[C@@H]1C=CCCC1)CO2. The molecule has 2 fully saturated rings. The smallest absolute Gasteiger partial charge is 0.223 e. The molecule has 0 aromatic heterocycles. The zero-order valence-electron chi connectivity index (χ0n) is 13.3. The van der Waals surface area contributed by atoms with Crippen molar-refractivity contribution in [3.05, 3.63) is 12.2 Å². The largest absolute Gasteiger partial charge is 0.396 e. The molecule has 0 radical (unpaired) electrons. The second kappa shape index (κ2) is 5.95. The molecule has 0 aromatic carbocycles. The summed E-state index contributed by atoms with van der Waals surface area (Å²) < 4.78 is 5.83. The summed E-state index contributed by atoms with van der Waals surface area (Å²) in [5.41, 5.74) is -1.21. The third-order valence-corrected chi connectivity index (χ3v) is 5.93. The maximum atomic E-state index is 12.5. The number of carbonyl (C=O) groups is 1. The number of hydrogen-bond acceptors (Lipinski definition) is 4. The van der Waals surface area contributed by atoms with Crippen molar-refractivity contribution >= 4 is 5.91 Å². The summed E-state index contributed by atoms with van der Waals surface area (Å²) in [6, 6.07) is 0. The Bertz CT molecular complexity index is 466. The van der Waals surface area contributed by atoms with E-state index in [0.29, 0.717) is 19.4 Å². The Kier molecular flexibility index (Phi) is 4.32. The van der Waals surface area contributed by atoms with Crippen LogP contribution >= 0.6 is 0 Å². The van der Waals surface area contributed by atoms with Gasteiger partial charge in [-0.25, -0.2) is 0 Å². The maximum Gasteiger partial charge on any atom is 0.223 e. The van der Waals surface area contributed by atoms with Gasteiger partial charge >= 0.3 is 0 Å². The standard InChI is InChI=1S/C17H27NO4/c1-16-9-7-13(8-10-19)15(21)18-17(16,11-22-16)14(20)12-5-3-2-4-6-12/h3,5,12-14,19-20H,2,4,6-11H2,1H3,(H,18,21)/t12-,13+,14+,16+,17-/m1/s1.